The summed E-state index contributed by atoms with van der Waals surface area (Å²) in [6, 6.07) is 1.54. The van der Waals surface area contributed by atoms with E-state index < -0.39 is 37.1 Å². The minimum Gasteiger partial charge on any atom is -0.258 e. The highest BCUT2D eigenvalue weighted by Gasteiger charge is 2.35. The van der Waals surface area contributed by atoms with Crippen molar-refractivity contribution in [1.82, 2.24) is 0 Å². The number of hydrogen-bond donors (Lipinski definition) is 0. The van der Waals surface area contributed by atoms with E-state index >= 15 is 0 Å². The van der Waals surface area contributed by atoms with Crippen LogP contribution in [0.1, 0.15) is 76.7 Å². The smallest absolute Gasteiger partial charge is 0.258 e. The average Bonchev–Trinajstić information content (AvgIpc) is 2.62. The van der Waals surface area contributed by atoms with Crippen LogP contribution >= 0.6 is 0 Å². The monoisotopic (exact) mass is 423 g/mol. The van der Waals surface area contributed by atoms with Crippen molar-refractivity contribution in [2.45, 2.75) is 82.2 Å². The molecule has 0 saturated carbocycles. The Balaban J connectivity index is 2.55. The number of rotatable bonds is 13. The Bertz CT molecular complexity index is 733. The highest BCUT2D eigenvalue weighted by molar-refractivity contribution is 7.91. The summed E-state index contributed by atoms with van der Waals surface area (Å²) in [7, 11) is -4.01. The summed E-state index contributed by atoms with van der Waals surface area (Å²) in [6.45, 7) is 2.16. The number of halogens is 3. The highest BCUT2D eigenvalue weighted by Crippen LogP contribution is 2.35. The Morgan fingerprint density at radius 3 is 1.89 bits per heavy atom. The number of sulfone groups is 1. The minimum atomic E-state index is -4.77. The maximum atomic E-state index is 12.7. The molecule has 1 rings (SSSR count). The molecule has 0 aliphatic rings. The summed E-state index contributed by atoms with van der Waals surface area (Å²) in [4.78, 5) is 9.33. The van der Waals surface area contributed by atoms with E-state index in [0.717, 1.165) is 25.7 Å². The van der Waals surface area contributed by atoms with E-state index in [-0.39, 0.29) is 11.8 Å². The fourth-order valence-electron chi connectivity index (χ4n) is 2.99. The number of alkyl halides is 3. The lowest BCUT2D eigenvalue weighted by Crippen LogP contribution is -2.12. The molecule has 0 amide bonds. The third kappa shape index (κ3) is 8.16. The maximum absolute atomic E-state index is 12.7. The van der Waals surface area contributed by atoms with Gasteiger partial charge in [0.2, 0.25) is 0 Å². The van der Waals surface area contributed by atoms with Gasteiger partial charge in [-0.2, -0.15) is 13.2 Å². The third-order valence-corrected chi connectivity index (χ3v) is 6.43. The van der Waals surface area contributed by atoms with Crippen LogP contribution in [0.3, 0.4) is 0 Å². The Labute approximate surface area is 164 Å². The number of unbranched alkanes of at least 4 members (excludes halogenated alkanes) is 9. The second-order valence-electron chi connectivity index (χ2n) is 6.94. The van der Waals surface area contributed by atoms with Gasteiger partial charge in [0.1, 0.15) is 4.90 Å². The zero-order valence-electron chi connectivity index (χ0n) is 16.1. The number of benzene rings is 1. The van der Waals surface area contributed by atoms with Crippen LogP contribution in [0.5, 0.6) is 0 Å². The minimum absolute atomic E-state index is 0.283. The Kier molecular flexibility index (Phi) is 9.92. The standard InChI is InChI=1S/C19H28F3NO4S/c1-2-3-4-5-6-7-8-9-10-11-14-28(26,27)18-13-12-16(19(20,21)22)15-17(18)23(24)25/h12-13,15H,2-11,14H2,1H3. The van der Waals surface area contributed by atoms with Crippen LogP contribution in [0.25, 0.3) is 0 Å². The zero-order valence-corrected chi connectivity index (χ0v) is 16.9. The van der Waals surface area contributed by atoms with Crippen molar-refractivity contribution >= 4 is 15.5 Å². The molecule has 0 aliphatic carbocycles. The zero-order chi connectivity index (χ0) is 21.2. The first-order chi connectivity index (χ1) is 13.1. The fourth-order valence-corrected chi connectivity index (χ4v) is 4.52. The predicted molar refractivity (Wildman–Crippen MR) is 102 cm³/mol. The second-order valence-corrected chi connectivity index (χ2v) is 9.02. The molecule has 28 heavy (non-hydrogen) atoms. The summed E-state index contributed by atoms with van der Waals surface area (Å²) < 4.78 is 62.9. The Morgan fingerprint density at radius 2 is 1.43 bits per heavy atom. The molecule has 1 aromatic carbocycles. The maximum Gasteiger partial charge on any atom is 0.416 e. The third-order valence-electron chi connectivity index (χ3n) is 4.58. The topological polar surface area (TPSA) is 77.3 Å². The van der Waals surface area contributed by atoms with E-state index in [0.29, 0.717) is 25.0 Å². The van der Waals surface area contributed by atoms with Crippen molar-refractivity contribution in [3.05, 3.63) is 33.9 Å². The summed E-state index contributed by atoms with van der Waals surface area (Å²) in [5, 5.41) is 11.1. The van der Waals surface area contributed by atoms with E-state index in [1.807, 2.05) is 0 Å². The van der Waals surface area contributed by atoms with Gasteiger partial charge in [-0.15, -0.1) is 0 Å². The summed E-state index contributed by atoms with van der Waals surface area (Å²) in [5.74, 6) is -0.310. The molecule has 0 aliphatic heterocycles. The van der Waals surface area contributed by atoms with Crippen molar-refractivity contribution < 1.29 is 26.5 Å². The van der Waals surface area contributed by atoms with Crippen LogP contribution in [-0.2, 0) is 16.0 Å². The van der Waals surface area contributed by atoms with E-state index in [9.17, 15) is 31.7 Å². The lowest BCUT2D eigenvalue weighted by Gasteiger charge is -2.09. The van der Waals surface area contributed by atoms with E-state index in [1.165, 1.54) is 25.7 Å². The normalized spacial score (nSPS) is 12.3. The molecule has 0 saturated heterocycles. The van der Waals surface area contributed by atoms with Crippen LogP contribution in [-0.4, -0.2) is 19.1 Å². The molecule has 1 aromatic rings. The molecule has 9 heteroatoms. The molecule has 0 fully saturated rings. The van der Waals surface area contributed by atoms with Crippen LogP contribution in [0.2, 0.25) is 0 Å². The first-order valence-corrected chi connectivity index (χ1v) is 11.3. The largest absolute Gasteiger partial charge is 0.416 e. The molecule has 0 N–H and O–H groups in total. The average molecular weight is 423 g/mol. The number of nitro benzene ring substituents is 1. The van der Waals surface area contributed by atoms with Crippen molar-refractivity contribution in [3.8, 4) is 0 Å². The molecule has 0 aromatic heterocycles. The molecule has 0 atom stereocenters. The molecule has 160 valence electrons. The number of hydrogen-bond acceptors (Lipinski definition) is 4. The van der Waals surface area contributed by atoms with Crippen molar-refractivity contribution in [2.75, 3.05) is 5.75 Å². The van der Waals surface area contributed by atoms with Crippen LogP contribution in [0, 0.1) is 10.1 Å². The van der Waals surface area contributed by atoms with Gasteiger partial charge in [0, 0.05) is 6.07 Å². The quantitative estimate of drug-likeness (QED) is 0.212. The fraction of sp³-hybridized carbons (Fsp3) is 0.684. The van der Waals surface area contributed by atoms with Gasteiger partial charge in [-0.1, -0.05) is 64.7 Å². The van der Waals surface area contributed by atoms with Crippen LogP contribution in [0.15, 0.2) is 23.1 Å². The first kappa shape index (κ1) is 24.4. The SMILES string of the molecule is CCCCCCCCCCCCS(=O)(=O)c1ccc(C(F)(F)F)cc1[N+](=O)[O-]. The van der Waals surface area contributed by atoms with E-state index in [4.69, 9.17) is 0 Å². The summed E-state index contributed by atoms with van der Waals surface area (Å²) in [6.07, 6.45) is 5.25. The van der Waals surface area contributed by atoms with Gasteiger partial charge in [-0.05, 0) is 18.6 Å². The number of nitrogens with zero attached hydrogens (tertiary/aromatic N) is 1. The van der Waals surface area contributed by atoms with Gasteiger partial charge >= 0.3 is 6.18 Å². The van der Waals surface area contributed by atoms with Crippen LogP contribution < -0.4 is 0 Å². The van der Waals surface area contributed by atoms with Gasteiger partial charge in [-0.3, -0.25) is 10.1 Å². The second kappa shape index (κ2) is 11.4. The molecule has 0 radical (unpaired) electrons. The van der Waals surface area contributed by atoms with Crippen molar-refractivity contribution in [3.63, 3.8) is 0 Å². The summed E-state index contributed by atoms with van der Waals surface area (Å²) >= 11 is 0. The first-order valence-electron chi connectivity index (χ1n) is 9.68. The molecular weight excluding hydrogens is 395 g/mol. The van der Waals surface area contributed by atoms with Crippen molar-refractivity contribution in [1.29, 1.82) is 0 Å². The molecule has 0 bridgehead atoms. The predicted octanol–water partition coefficient (Wildman–Crippen LogP) is 6.31. The molecular formula is C19H28F3NO4S. The van der Waals surface area contributed by atoms with E-state index in [1.54, 1.807) is 0 Å². The lowest BCUT2D eigenvalue weighted by atomic mass is 10.1. The van der Waals surface area contributed by atoms with Crippen molar-refractivity contribution in [2.24, 2.45) is 0 Å². The van der Waals surface area contributed by atoms with Gasteiger partial charge in [0.05, 0.1) is 16.2 Å². The van der Waals surface area contributed by atoms with Crippen LogP contribution in [0.4, 0.5) is 18.9 Å². The number of nitro groups is 1. The molecule has 0 unspecified atom stereocenters. The molecule has 5 nitrogen and oxygen atoms in total. The van der Waals surface area contributed by atoms with Gasteiger partial charge < -0.3 is 0 Å². The van der Waals surface area contributed by atoms with E-state index in [2.05, 4.69) is 6.92 Å². The Hall–Kier alpha value is -1.64. The van der Waals surface area contributed by atoms with Gasteiger partial charge in [0.25, 0.3) is 5.69 Å². The molecule has 0 heterocycles. The molecule has 0 spiro atoms. The lowest BCUT2D eigenvalue weighted by molar-refractivity contribution is -0.388. The van der Waals surface area contributed by atoms with Gasteiger partial charge in [-0.25, -0.2) is 8.42 Å². The van der Waals surface area contributed by atoms with Gasteiger partial charge in [0.15, 0.2) is 9.84 Å². The summed E-state index contributed by atoms with van der Waals surface area (Å²) in [5.41, 5.74) is -2.26. The Morgan fingerprint density at radius 1 is 0.929 bits per heavy atom. The highest BCUT2D eigenvalue weighted by atomic mass is 32.2.